The maximum atomic E-state index is 12.5. The van der Waals surface area contributed by atoms with Crippen molar-refractivity contribution >= 4 is 17.5 Å². The molecule has 0 saturated heterocycles. The summed E-state index contributed by atoms with van der Waals surface area (Å²) in [6, 6.07) is 7.13. The lowest BCUT2D eigenvalue weighted by Crippen LogP contribution is -2.40. The number of benzene rings is 1. The Bertz CT molecular complexity index is 660. The normalized spacial score (nSPS) is 18.0. The smallest absolute Gasteiger partial charge is 0.240 e. The van der Waals surface area contributed by atoms with E-state index in [0.717, 1.165) is 25.0 Å². The topological polar surface area (TPSA) is 67.4 Å². The summed E-state index contributed by atoms with van der Waals surface area (Å²) in [7, 11) is 1.60. The molecule has 0 radical (unpaired) electrons. The van der Waals surface area contributed by atoms with Gasteiger partial charge in [0.05, 0.1) is 7.11 Å². The maximum absolute atomic E-state index is 12.5. The van der Waals surface area contributed by atoms with Crippen molar-refractivity contribution in [1.29, 1.82) is 0 Å². The van der Waals surface area contributed by atoms with Crippen LogP contribution in [0.15, 0.2) is 35.9 Å². The summed E-state index contributed by atoms with van der Waals surface area (Å²) in [4.78, 5) is 25.0. The van der Waals surface area contributed by atoms with Gasteiger partial charge in [-0.3, -0.25) is 9.59 Å². The zero-order chi connectivity index (χ0) is 17.7. The van der Waals surface area contributed by atoms with Crippen LogP contribution in [0.25, 0.3) is 0 Å². The lowest BCUT2D eigenvalue weighted by molar-refractivity contribution is -0.134. The Morgan fingerprint density at radius 3 is 2.48 bits per heavy atom. The van der Waals surface area contributed by atoms with Crippen molar-refractivity contribution in [2.24, 2.45) is 5.41 Å². The van der Waals surface area contributed by atoms with Crippen LogP contribution < -0.4 is 15.4 Å². The van der Waals surface area contributed by atoms with E-state index in [9.17, 15) is 9.59 Å². The van der Waals surface area contributed by atoms with Gasteiger partial charge in [-0.05, 0) is 69.2 Å². The van der Waals surface area contributed by atoms with Gasteiger partial charge < -0.3 is 15.4 Å². The molecular weight excluding hydrogens is 316 g/mol. The zero-order valence-electron chi connectivity index (χ0n) is 14.8. The maximum Gasteiger partial charge on any atom is 0.240 e. The van der Waals surface area contributed by atoms with E-state index >= 15 is 0 Å². The van der Waals surface area contributed by atoms with Gasteiger partial charge in [-0.2, -0.15) is 0 Å². The number of anilines is 1. The van der Waals surface area contributed by atoms with E-state index < -0.39 is 5.41 Å². The summed E-state index contributed by atoms with van der Waals surface area (Å²) < 4.78 is 5.10. The van der Waals surface area contributed by atoms with Crippen LogP contribution in [0.1, 0.15) is 44.9 Å². The molecule has 3 rings (SSSR count). The number of ether oxygens (including phenoxy) is 1. The molecule has 134 valence electrons. The molecule has 2 aliphatic rings. The van der Waals surface area contributed by atoms with Crippen LogP contribution >= 0.6 is 0 Å². The first kappa shape index (κ1) is 17.5. The van der Waals surface area contributed by atoms with Crippen LogP contribution in [0, 0.1) is 5.41 Å². The first-order valence-electron chi connectivity index (χ1n) is 9.06. The Hall–Kier alpha value is -2.30. The summed E-state index contributed by atoms with van der Waals surface area (Å²) in [5, 5.41) is 5.81. The van der Waals surface area contributed by atoms with Crippen LogP contribution in [0.3, 0.4) is 0 Å². The number of hydrogen-bond donors (Lipinski definition) is 2. The van der Waals surface area contributed by atoms with Gasteiger partial charge in [-0.25, -0.2) is 0 Å². The van der Waals surface area contributed by atoms with Gasteiger partial charge in [0, 0.05) is 12.2 Å². The molecule has 2 N–H and O–H groups in total. The Balaban J connectivity index is 1.50. The largest absolute Gasteiger partial charge is 0.497 e. The molecule has 1 fully saturated rings. The molecule has 2 aliphatic carbocycles. The van der Waals surface area contributed by atoms with E-state index in [1.54, 1.807) is 31.4 Å². The van der Waals surface area contributed by atoms with Gasteiger partial charge in [-0.15, -0.1) is 0 Å². The molecule has 5 nitrogen and oxygen atoms in total. The van der Waals surface area contributed by atoms with Crippen LogP contribution in [-0.2, 0) is 9.59 Å². The van der Waals surface area contributed by atoms with Crippen molar-refractivity contribution in [3.8, 4) is 5.75 Å². The predicted octanol–water partition coefficient (Wildman–Crippen LogP) is 3.42. The van der Waals surface area contributed by atoms with E-state index in [-0.39, 0.29) is 11.8 Å². The molecule has 0 spiro atoms. The SMILES string of the molecule is COc1ccc(NC(=O)C2(C(=O)NCCC3=CCCCC3)CC2)cc1. The second-order valence-electron chi connectivity index (χ2n) is 6.88. The first-order chi connectivity index (χ1) is 12.1. The summed E-state index contributed by atoms with van der Waals surface area (Å²) in [6.45, 7) is 0.613. The minimum Gasteiger partial charge on any atom is -0.497 e. The number of carbonyl (C=O) groups is 2. The van der Waals surface area contributed by atoms with E-state index in [1.165, 1.54) is 18.4 Å². The number of allylic oxidation sites excluding steroid dienone is 1. The molecule has 0 atom stereocenters. The highest BCUT2D eigenvalue weighted by atomic mass is 16.5. The van der Waals surface area contributed by atoms with Crippen LogP contribution in [0.5, 0.6) is 5.75 Å². The van der Waals surface area contributed by atoms with Crippen molar-refractivity contribution in [1.82, 2.24) is 5.32 Å². The molecule has 0 heterocycles. The lowest BCUT2D eigenvalue weighted by Gasteiger charge is -2.17. The van der Waals surface area contributed by atoms with E-state index in [1.807, 2.05) is 0 Å². The average Bonchev–Trinajstić information content (AvgIpc) is 3.45. The Morgan fingerprint density at radius 1 is 1.12 bits per heavy atom. The molecule has 2 amide bonds. The van der Waals surface area contributed by atoms with Gasteiger partial charge in [0.25, 0.3) is 0 Å². The summed E-state index contributed by atoms with van der Waals surface area (Å²) in [5.74, 6) is 0.371. The number of nitrogens with one attached hydrogen (secondary N) is 2. The van der Waals surface area contributed by atoms with Gasteiger partial charge in [-0.1, -0.05) is 11.6 Å². The molecule has 0 bridgehead atoms. The van der Waals surface area contributed by atoms with Gasteiger partial charge in [0.15, 0.2) is 0 Å². The minimum absolute atomic E-state index is 0.144. The van der Waals surface area contributed by atoms with Crippen molar-refractivity contribution in [3.63, 3.8) is 0 Å². The number of hydrogen-bond acceptors (Lipinski definition) is 3. The van der Waals surface area contributed by atoms with Crippen LogP contribution in [0.4, 0.5) is 5.69 Å². The van der Waals surface area contributed by atoms with Crippen LogP contribution in [0.2, 0.25) is 0 Å². The molecule has 1 aromatic carbocycles. The standard InChI is InChI=1S/C20H26N2O3/c1-25-17-9-7-16(8-10-17)22-19(24)20(12-13-20)18(23)21-14-11-15-5-3-2-4-6-15/h5,7-10H,2-4,6,11-14H2,1H3,(H,21,23)(H,22,24). The van der Waals surface area contributed by atoms with Crippen molar-refractivity contribution < 1.29 is 14.3 Å². The molecule has 25 heavy (non-hydrogen) atoms. The third kappa shape index (κ3) is 4.21. The Labute approximate surface area is 148 Å². The molecule has 1 saturated carbocycles. The first-order valence-corrected chi connectivity index (χ1v) is 9.06. The fourth-order valence-corrected chi connectivity index (χ4v) is 3.24. The molecule has 0 aliphatic heterocycles. The fraction of sp³-hybridized carbons (Fsp3) is 0.500. The molecular formula is C20H26N2O3. The lowest BCUT2D eigenvalue weighted by atomic mass is 9.97. The summed E-state index contributed by atoms with van der Waals surface area (Å²) >= 11 is 0. The van der Waals surface area contributed by atoms with Crippen molar-refractivity contribution in [2.75, 3.05) is 19.0 Å². The van der Waals surface area contributed by atoms with Gasteiger partial charge >= 0.3 is 0 Å². The van der Waals surface area contributed by atoms with Crippen LogP contribution in [-0.4, -0.2) is 25.5 Å². The van der Waals surface area contributed by atoms with Crippen molar-refractivity contribution in [2.45, 2.75) is 44.9 Å². The Morgan fingerprint density at radius 2 is 1.88 bits per heavy atom. The summed E-state index contributed by atoms with van der Waals surface area (Å²) in [5.41, 5.74) is 1.22. The molecule has 5 heteroatoms. The fourth-order valence-electron chi connectivity index (χ4n) is 3.24. The number of methoxy groups -OCH3 is 1. The zero-order valence-corrected chi connectivity index (χ0v) is 14.8. The molecule has 0 unspecified atom stereocenters. The van der Waals surface area contributed by atoms with E-state index in [4.69, 9.17) is 4.74 Å². The molecule has 1 aromatic rings. The molecule has 0 aromatic heterocycles. The van der Waals surface area contributed by atoms with Gasteiger partial charge in [0.2, 0.25) is 11.8 Å². The third-order valence-corrected chi connectivity index (χ3v) is 5.08. The second-order valence-corrected chi connectivity index (χ2v) is 6.88. The average molecular weight is 342 g/mol. The van der Waals surface area contributed by atoms with E-state index in [2.05, 4.69) is 16.7 Å². The highest BCUT2D eigenvalue weighted by molar-refractivity contribution is 6.13. The predicted molar refractivity (Wildman–Crippen MR) is 97.5 cm³/mol. The minimum atomic E-state index is -0.888. The number of rotatable bonds is 7. The number of carbonyl (C=O) groups excluding carboxylic acids is 2. The van der Waals surface area contributed by atoms with Crippen molar-refractivity contribution in [3.05, 3.63) is 35.9 Å². The van der Waals surface area contributed by atoms with Gasteiger partial charge in [0.1, 0.15) is 11.2 Å². The highest BCUT2D eigenvalue weighted by Crippen LogP contribution is 2.46. The monoisotopic (exact) mass is 342 g/mol. The quantitative estimate of drug-likeness (QED) is 0.589. The van der Waals surface area contributed by atoms with E-state index in [0.29, 0.717) is 25.1 Å². The highest BCUT2D eigenvalue weighted by Gasteiger charge is 2.56. The second kappa shape index (κ2) is 7.72. The third-order valence-electron chi connectivity index (χ3n) is 5.08. The number of amides is 2. The Kier molecular flexibility index (Phi) is 5.41. The summed E-state index contributed by atoms with van der Waals surface area (Å²) in [6.07, 6.45) is 9.21.